The summed E-state index contributed by atoms with van der Waals surface area (Å²) in [5.74, 6) is -0.398. The highest BCUT2D eigenvalue weighted by atomic mass is 79.9. The SMILES string of the molecule is Cc1cc(C)c(NC(=O)c2nc(Cl)ccc2Cl)c(Br)c1. The van der Waals surface area contributed by atoms with Gasteiger partial charge in [0, 0.05) is 4.47 Å². The number of rotatable bonds is 2. The molecule has 0 bridgehead atoms. The third-order valence-electron chi connectivity index (χ3n) is 2.70. The van der Waals surface area contributed by atoms with Crippen LogP contribution in [0.2, 0.25) is 10.2 Å². The van der Waals surface area contributed by atoms with Gasteiger partial charge in [-0.25, -0.2) is 4.98 Å². The van der Waals surface area contributed by atoms with Crippen LogP contribution in [0, 0.1) is 13.8 Å². The molecule has 1 aromatic heterocycles. The molecular formula is C14H11BrCl2N2O. The minimum absolute atomic E-state index is 0.103. The normalized spacial score (nSPS) is 10.4. The number of nitrogens with one attached hydrogen (secondary N) is 1. The Kier molecular flexibility index (Phi) is 4.68. The molecule has 0 fully saturated rings. The van der Waals surface area contributed by atoms with E-state index in [9.17, 15) is 4.79 Å². The summed E-state index contributed by atoms with van der Waals surface area (Å²) >= 11 is 15.2. The first kappa shape index (κ1) is 15.3. The van der Waals surface area contributed by atoms with Crippen molar-refractivity contribution in [2.45, 2.75) is 13.8 Å². The van der Waals surface area contributed by atoms with Gasteiger partial charge in [0.15, 0.2) is 0 Å². The number of aromatic nitrogens is 1. The van der Waals surface area contributed by atoms with Crippen molar-refractivity contribution < 1.29 is 4.79 Å². The number of benzene rings is 1. The monoisotopic (exact) mass is 372 g/mol. The van der Waals surface area contributed by atoms with Crippen molar-refractivity contribution in [1.82, 2.24) is 4.98 Å². The Bertz CT molecular complexity index is 666. The Morgan fingerprint density at radius 2 is 1.95 bits per heavy atom. The van der Waals surface area contributed by atoms with Crippen LogP contribution in [0.25, 0.3) is 0 Å². The van der Waals surface area contributed by atoms with Gasteiger partial charge >= 0.3 is 0 Å². The average molecular weight is 374 g/mol. The van der Waals surface area contributed by atoms with Gasteiger partial charge < -0.3 is 5.32 Å². The zero-order chi connectivity index (χ0) is 14.9. The van der Waals surface area contributed by atoms with E-state index in [-0.39, 0.29) is 15.9 Å². The van der Waals surface area contributed by atoms with Crippen LogP contribution in [0.5, 0.6) is 0 Å². The van der Waals surface area contributed by atoms with Crippen LogP contribution in [0.4, 0.5) is 5.69 Å². The predicted octanol–water partition coefficient (Wildman–Crippen LogP) is 5.02. The Labute approximate surface area is 135 Å². The van der Waals surface area contributed by atoms with Gasteiger partial charge in [-0.1, -0.05) is 29.3 Å². The molecular weight excluding hydrogens is 363 g/mol. The fourth-order valence-electron chi connectivity index (χ4n) is 1.82. The Morgan fingerprint density at radius 3 is 2.60 bits per heavy atom. The second-order valence-electron chi connectivity index (χ2n) is 4.36. The molecule has 1 N–H and O–H groups in total. The van der Waals surface area contributed by atoms with E-state index in [4.69, 9.17) is 23.2 Å². The van der Waals surface area contributed by atoms with Gasteiger partial charge in [-0.3, -0.25) is 4.79 Å². The number of anilines is 1. The lowest BCUT2D eigenvalue weighted by Gasteiger charge is -2.12. The Morgan fingerprint density at radius 1 is 1.25 bits per heavy atom. The molecule has 0 aliphatic heterocycles. The summed E-state index contributed by atoms with van der Waals surface area (Å²) in [5.41, 5.74) is 2.85. The maximum absolute atomic E-state index is 12.2. The number of nitrogens with zero attached hydrogens (tertiary/aromatic N) is 1. The molecule has 1 heterocycles. The predicted molar refractivity (Wildman–Crippen MR) is 85.8 cm³/mol. The second-order valence-corrected chi connectivity index (χ2v) is 6.01. The molecule has 1 amide bonds. The third-order valence-corrected chi connectivity index (χ3v) is 3.84. The summed E-state index contributed by atoms with van der Waals surface area (Å²) in [4.78, 5) is 16.2. The van der Waals surface area contributed by atoms with Gasteiger partial charge in [0.25, 0.3) is 5.91 Å². The molecule has 3 nitrogen and oxygen atoms in total. The Balaban J connectivity index is 2.35. The topological polar surface area (TPSA) is 42.0 Å². The molecule has 0 unspecified atom stereocenters. The van der Waals surface area contributed by atoms with Crippen molar-refractivity contribution in [1.29, 1.82) is 0 Å². The molecule has 20 heavy (non-hydrogen) atoms. The van der Waals surface area contributed by atoms with Crippen molar-refractivity contribution in [2.24, 2.45) is 0 Å². The fraction of sp³-hybridized carbons (Fsp3) is 0.143. The molecule has 0 saturated heterocycles. The largest absolute Gasteiger partial charge is 0.319 e. The first-order chi connectivity index (χ1) is 9.38. The molecule has 0 radical (unpaired) electrons. The van der Waals surface area contributed by atoms with Crippen LogP contribution in [-0.2, 0) is 0 Å². The number of pyridine rings is 1. The third kappa shape index (κ3) is 3.32. The molecule has 2 rings (SSSR count). The summed E-state index contributed by atoms with van der Waals surface area (Å²) in [5, 5.41) is 3.28. The van der Waals surface area contributed by atoms with Crippen LogP contribution < -0.4 is 5.32 Å². The van der Waals surface area contributed by atoms with E-state index in [0.29, 0.717) is 5.69 Å². The molecule has 6 heteroatoms. The van der Waals surface area contributed by atoms with Crippen molar-refractivity contribution >= 4 is 50.7 Å². The molecule has 0 aliphatic rings. The van der Waals surface area contributed by atoms with Gasteiger partial charge in [0.05, 0.1) is 10.7 Å². The lowest BCUT2D eigenvalue weighted by atomic mass is 10.1. The number of aryl methyl sites for hydroxylation is 2. The van der Waals surface area contributed by atoms with Crippen molar-refractivity contribution in [2.75, 3.05) is 5.32 Å². The highest BCUT2D eigenvalue weighted by Gasteiger charge is 2.15. The van der Waals surface area contributed by atoms with Gasteiger partial charge in [-0.15, -0.1) is 0 Å². The van der Waals surface area contributed by atoms with E-state index in [2.05, 4.69) is 26.2 Å². The maximum Gasteiger partial charge on any atom is 0.275 e. The van der Waals surface area contributed by atoms with E-state index in [1.807, 2.05) is 26.0 Å². The van der Waals surface area contributed by atoms with Gasteiger partial charge in [0.1, 0.15) is 10.8 Å². The van der Waals surface area contributed by atoms with E-state index < -0.39 is 5.91 Å². The first-order valence-electron chi connectivity index (χ1n) is 5.78. The minimum Gasteiger partial charge on any atom is -0.319 e. The van der Waals surface area contributed by atoms with E-state index in [1.165, 1.54) is 6.07 Å². The second kappa shape index (κ2) is 6.12. The molecule has 2 aromatic rings. The maximum atomic E-state index is 12.2. The van der Waals surface area contributed by atoms with Crippen LogP contribution in [-0.4, -0.2) is 10.9 Å². The zero-order valence-electron chi connectivity index (χ0n) is 10.8. The zero-order valence-corrected chi connectivity index (χ0v) is 13.9. The number of hydrogen-bond acceptors (Lipinski definition) is 2. The number of hydrogen-bond donors (Lipinski definition) is 1. The van der Waals surface area contributed by atoms with Gasteiger partial charge in [0.2, 0.25) is 0 Å². The highest BCUT2D eigenvalue weighted by Crippen LogP contribution is 2.28. The fourth-order valence-corrected chi connectivity index (χ4v) is 2.94. The number of carbonyl (C=O) groups is 1. The number of amides is 1. The van der Waals surface area contributed by atoms with Crippen molar-refractivity contribution in [3.05, 3.63) is 55.7 Å². The van der Waals surface area contributed by atoms with Gasteiger partial charge in [-0.2, -0.15) is 0 Å². The van der Waals surface area contributed by atoms with Crippen LogP contribution in [0.3, 0.4) is 0 Å². The quantitative estimate of drug-likeness (QED) is 0.751. The summed E-state index contributed by atoms with van der Waals surface area (Å²) in [6.07, 6.45) is 0. The van der Waals surface area contributed by atoms with Crippen LogP contribution in [0.1, 0.15) is 21.6 Å². The molecule has 1 aromatic carbocycles. The Hall–Kier alpha value is -1.10. The molecule has 104 valence electrons. The minimum atomic E-state index is -0.398. The first-order valence-corrected chi connectivity index (χ1v) is 7.33. The summed E-state index contributed by atoms with van der Waals surface area (Å²) in [7, 11) is 0. The number of halogens is 3. The van der Waals surface area contributed by atoms with Crippen LogP contribution >= 0.6 is 39.1 Å². The summed E-state index contributed by atoms with van der Waals surface area (Å²) in [6, 6.07) is 6.99. The standard InChI is InChI=1S/C14H11BrCl2N2O/c1-7-5-8(2)12(9(15)6-7)19-14(20)13-10(16)3-4-11(17)18-13/h3-6H,1-2H3,(H,19,20). The molecule has 0 spiro atoms. The lowest BCUT2D eigenvalue weighted by molar-refractivity contribution is 0.102. The average Bonchev–Trinajstić information content (AvgIpc) is 2.36. The smallest absolute Gasteiger partial charge is 0.275 e. The molecule has 0 saturated carbocycles. The van der Waals surface area contributed by atoms with E-state index in [0.717, 1.165) is 15.6 Å². The van der Waals surface area contributed by atoms with E-state index in [1.54, 1.807) is 6.07 Å². The van der Waals surface area contributed by atoms with Crippen molar-refractivity contribution in [3.63, 3.8) is 0 Å². The lowest BCUT2D eigenvalue weighted by Crippen LogP contribution is -2.15. The summed E-state index contributed by atoms with van der Waals surface area (Å²) in [6.45, 7) is 3.90. The van der Waals surface area contributed by atoms with E-state index >= 15 is 0 Å². The van der Waals surface area contributed by atoms with Gasteiger partial charge in [-0.05, 0) is 59.1 Å². The molecule has 0 atom stereocenters. The van der Waals surface area contributed by atoms with Crippen molar-refractivity contribution in [3.8, 4) is 0 Å². The molecule has 0 aliphatic carbocycles. The summed E-state index contributed by atoms with van der Waals surface area (Å²) < 4.78 is 0.807. The van der Waals surface area contributed by atoms with Crippen LogP contribution in [0.15, 0.2) is 28.7 Å². The highest BCUT2D eigenvalue weighted by molar-refractivity contribution is 9.10. The number of carbonyl (C=O) groups excluding carboxylic acids is 1.